The first-order valence-corrected chi connectivity index (χ1v) is 13.6. The van der Waals surface area contributed by atoms with Gasteiger partial charge in [-0.15, -0.1) is 0 Å². The van der Waals surface area contributed by atoms with E-state index in [0.717, 1.165) is 0 Å². The third-order valence-corrected chi connectivity index (χ3v) is 6.53. The summed E-state index contributed by atoms with van der Waals surface area (Å²) in [6.07, 6.45) is 0. The summed E-state index contributed by atoms with van der Waals surface area (Å²) in [6, 6.07) is 21.8. The molecule has 12 nitrogen and oxygen atoms in total. The van der Waals surface area contributed by atoms with Crippen LogP contribution < -0.4 is 10.2 Å². The van der Waals surface area contributed by atoms with E-state index in [-0.39, 0.29) is 20.9 Å². The highest BCUT2D eigenvalue weighted by Gasteiger charge is 2.13. The first-order chi connectivity index (χ1) is 18.6. The van der Waals surface area contributed by atoms with Crippen LogP contribution in [0.15, 0.2) is 107 Å². The van der Waals surface area contributed by atoms with Gasteiger partial charge in [-0.05, 0) is 47.5 Å². The van der Waals surface area contributed by atoms with E-state index in [0.29, 0.717) is 11.1 Å². The third-order valence-electron chi connectivity index (χ3n) is 4.83. The number of hydrogen-bond acceptors (Lipinski definition) is 8. The molecule has 4 N–H and O–H groups in total. The van der Waals surface area contributed by atoms with Gasteiger partial charge in [0.05, 0.1) is 20.9 Å². The fraction of sp³-hybridized carbons (Fsp3) is 0. The van der Waals surface area contributed by atoms with Gasteiger partial charge in [0, 0.05) is 0 Å². The first-order valence-electron chi connectivity index (χ1n) is 10.8. The Morgan fingerprint density at radius 1 is 0.525 bits per heavy atom. The van der Waals surface area contributed by atoms with Gasteiger partial charge < -0.3 is 20.4 Å². The Hall–Kier alpha value is -4.76. The number of para-hydroxylation sites is 2. The topological polar surface area (TPSA) is 229 Å². The molecule has 0 fully saturated rings. The van der Waals surface area contributed by atoms with Crippen molar-refractivity contribution in [3.63, 3.8) is 0 Å². The standard InChI is InChI=1S/C12H10O6S2.2C7H6O3/c13-19(14,15)11-5-1-3-9(7-11)10-4-2-6-12(8-10)20(16,17)18;2*8-6-4-2-1-3-5(6)7(9)10/h1-8H,(H,13,14,15)(H,16,17,18);2*1-4,8H,(H,9,10)/p-2. The van der Waals surface area contributed by atoms with Gasteiger partial charge in [-0.3, -0.25) is 9.11 Å². The molecule has 0 heterocycles. The van der Waals surface area contributed by atoms with Crippen molar-refractivity contribution < 1.29 is 56.0 Å². The smallest absolute Gasteiger partial charge is 0.335 e. The number of rotatable bonds is 5. The van der Waals surface area contributed by atoms with Crippen LogP contribution in [-0.2, 0) is 20.2 Å². The summed E-state index contributed by atoms with van der Waals surface area (Å²) in [6.45, 7) is 0. The first kappa shape index (κ1) is 31.5. The number of aromatic carboxylic acids is 2. The molecule has 0 aliphatic heterocycles. The van der Waals surface area contributed by atoms with E-state index in [9.17, 15) is 36.6 Å². The second kappa shape index (κ2) is 13.3. The van der Waals surface area contributed by atoms with Gasteiger partial charge in [0.15, 0.2) is 0 Å². The lowest BCUT2D eigenvalue weighted by Gasteiger charge is -2.07. The quantitative estimate of drug-likeness (QED) is 0.247. The molecular formula is C26H20O12S2-2. The number of hydrogen-bond donors (Lipinski definition) is 4. The van der Waals surface area contributed by atoms with Crippen LogP contribution in [0.3, 0.4) is 0 Å². The molecule has 14 heteroatoms. The van der Waals surface area contributed by atoms with Gasteiger partial charge in [-0.2, -0.15) is 16.8 Å². The summed E-state index contributed by atoms with van der Waals surface area (Å²) in [5.41, 5.74) is 0.432. The minimum absolute atomic E-state index is 0.178. The molecule has 0 aliphatic rings. The predicted molar refractivity (Wildman–Crippen MR) is 137 cm³/mol. The van der Waals surface area contributed by atoms with Crippen LogP contribution in [-0.4, -0.2) is 48.1 Å². The molecule has 0 unspecified atom stereocenters. The predicted octanol–water partition coefficient (Wildman–Crippen LogP) is 2.76. The molecule has 0 bridgehead atoms. The number of carboxylic acids is 2. The lowest BCUT2D eigenvalue weighted by Crippen LogP contribution is -2.02. The Morgan fingerprint density at radius 2 is 0.850 bits per heavy atom. The van der Waals surface area contributed by atoms with Crippen LogP contribution in [0.25, 0.3) is 11.1 Å². The second-order valence-electron chi connectivity index (χ2n) is 7.61. The molecule has 0 saturated carbocycles. The van der Waals surface area contributed by atoms with Crippen molar-refractivity contribution in [1.29, 1.82) is 0 Å². The summed E-state index contributed by atoms with van der Waals surface area (Å²) in [4.78, 5) is 19.8. The zero-order valence-corrected chi connectivity index (χ0v) is 21.7. The van der Waals surface area contributed by atoms with Crippen LogP contribution in [0.5, 0.6) is 11.5 Å². The van der Waals surface area contributed by atoms with Gasteiger partial charge >= 0.3 is 11.9 Å². The Bertz CT molecular complexity index is 1600. The summed E-state index contributed by atoms with van der Waals surface area (Å²) >= 11 is 0. The normalized spacial score (nSPS) is 10.8. The highest BCUT2D eigenvalue weighted by atomic mass is 32.2. The summed E-state index contributed by atoms with van der Waals surface area (Å²) in [5, 5.41) is 38.1. The van der Waals surface area contributed by atoms with Gasteiger partial charge in [-0.25, -0.2) is 9.59 Å². The molecule has 40 heavy (non-hydrogen) atoms. The van der Waals surface area contributed by atoms with Gasteiger partial charge in [0.1, 0.15) is 0 Å². The molecule has 0 amide bonds. The van der Waals surface area contributed by atoms with E-state index in [4.69, 9.17) is 19.3 Å². The molecule has 4 aromatic carbocycles. The molecule has 4 aromatic rings. The maximum Gasteiger partial charge on any atom is 0.335 e. The SMILES string of the molecule is O=C(O)c1ccccc1[O-].O=C(O)c1ccccc1[O-].O=S(=O)(O)c1cccc(-c2cccc(S(=O)(=O)O)c2)c1. The molecule has 0 saturated heterocycles. The minimum atomic E-state index is -4.34. The Morgan fingerprint density at radius 3 is 1.10 bits per heavy atom. The molecule has 0 aliphatic carbocycles. The molecule has 0 atom stereocenters. The molecular weight excluding hydrogens is 568 g/mol. The fourth-order valence-electron chi connectivity index (χ4n) is 2.96. The van der Waals surface area contributed by atoms with E-state index in [1.54, 1.807) is 12.1 Å². The monoisotopic (exact) mass is 588 g/mol. The van der Waals surface area contributed by atoms with Crippen LogP contribution in [0.4, 0.5) is 0 Å². The highest BCUT2D eigenvalue weighted by Crippen LogP contribution is 2.24. The second-order valence-corrected chi connectivity index (χ2v) is 10.5. The summed E-state index contributed by atoms with van der Waals surface area (Å²) in [5.74, 6) is -3.25. The van der Waals surface area contributed by atoms with E-state index in [1.807, 2.05) is 0 Å². The zero-order valence-electron chi connectivity index (χ0n) is 20.1. The molecule has 0 radical (unpaired) electrons. The van der Waals surface area contributed by atoms with E-state index < -0.39 is 43.7 Å². The van der Waals surface area contributed by atoms with Crippen molar-refractivity contribution in [1.82, 2.24) is 0 Å². The van der Waals surface area contributed by atoms with Crippen molar-refractivity contribution >= 4 is 32.2 Å². The molecule has 4 rings (SSSR count). The summed E-state index contributed by atoms with van der Waals surface area (Å²) in [7, 11) is -8.68. The van der Waals surface area contributed by atoms with Crippen LogP contribution >= 0.6 is 0 Å². The minimum Gasteiger partial charge on any atom is -0.872 e. The average Bonchev–Trinajstić information content (AvgIpc) is 2.89. The zero-order chi connectivity index (χ0) is 30.1. The molecule has 0 aromatic heterocycles. The maximum atomic E-state index is 11.1. The van der Waals surface area contributed by atoms with Crippen LogP contribution in [0, 0.1) is 0 Å². The number of carbonyl (C=O) groups is 2. The van der Waals surface area contributed by atoms with Crippen molar-refractivity contribution in [3.05, 3.63) is 108 Å². The number of carboxylic acid groups (broad SMARTS) is 2. The molecule has 210 valence electrons. The largest absolute Gasteiger partial charge is 0.872 e. The van der Waals surface area contributed by atoms with E-state index >= 15 is 0 Å². The van der Waals surface area contributed by atoms with Gasteiger partial charge in [0.25, 0.3) is 20.2 Å². The van der Waals surface area contributed by atoms with Crippen molar-refractivity contribution in [2.45, 2.75) is 9.79 Å². The van der Waals surface area contributed by atoms with E-state index in [1.165, 1.54) is 84.9 Å². The van der Waals surface area contributed by atoms with Crippen LogP contribution in [0.1, 0.15) is 20.7 Å². The Labute approximate surface area is 228 Å². The Balaban J connectivity index is 0.000000235. The van der Waals surface area contributed by atoms with Crippen molar-refractivity contribution in [2.75, 3.05) is 0 Å². The van der Waals surface area contributed by atoms with Gasteiger partial charge in [-0.1, -0.05) is 72.2 Å². The maximum absolute atomic E-state index is 11.1. The lowest BCUT2D eigenvalue weighted by molar-refractivity contribution is -0.269. The fourth-order valence-corrected chi connectivity index (χ4v) is 4.01. The lowest BCUT2D eigenvalue weighted by atomic mass is 10.1. The Kier molecular flexibility index (Phi) is 10.5. The highest BCUT2D eigenvalue weighted by molar-refractivity contribution is 7.86. The average molecular weight is 589 g/mol. The van der Waals surface area contributed by atoms with Crippen molar-refractivity contribution in [2.24, 2.45) is 0 Å². The van der Waals surface area contributed by atoms with Gasteiger partial charge in [0.2, 0.25) is 0 Å². The van der Waals surface area contributed by atoms with E-state index in [2.05, 4.69) is 0 Å². The van der Waals surface area contributed by atoms with Crippen molar-refractivity contribution in [3.8, 4) is 22.6 Å². The summed E-state index contributed by atoms with van der Waals surface area (Å²) < 4.78 is 62.2. The molecule has 0 spiro atoms. The third kappa shape index (κ3) is 9.21. The number of benzene rings is 4. The van der Waals surface area contributed by atoms with Crippen LogP contribution in [0.2, 0.25) is 0 Å².